The molecule has 0 aromatic rings. The fourth-order valence-corrected chi connectivity index (χ4v) is 1.76. The number of hydrogen-bond acceptors (Lipinski definition) is 5. The van der Waals surface area contributed by atoms with Crippen LogP contribution in [0.2, 0.25) is 0 Å². The van der Waals surface area contributed by atoms with Gasteiger partial charge in [-0.1, -0.05) is 0 Å². The SMILES string of the molecule is COC1O[C@@H](C)[C@H](OC)[C@@H](O)[C@H]1OC. The van der Waals surface area contributed by atoms with Gasteiger partial charge in [0.2, 0.25) is 0 Å². The second kappa shape index (κ2) is 5.04. The van der Waals surface area contributed by atoms with Gasteiger partial charge in [-0.3, -0.25) is 0 Å². The molecule has 1 rings (SSSR count). The molecule has 1 saturated heterocycles. The first kappa shape index (κ1) is 11.9. The molecule has 1 fully saturated rings. The molecule has 0 aliphatic carbocycles. The summed E-state index contributed by atoms with van der Waals surface area (Å²) in [5.74, 6) is 0. The van der Waals surface area contributed by atoms with E-state index in [9.17, 15) is 5.11 Å². The summed E-state index contributed by atoms with van der Waals surface area (Å²) < 4.78 is 20.8. The standard InChI is InChI=1S/C9H18O5/c1-5-7(11-2)6(10)8(12-3)9(13-4)14-5/h5-10H,1-4H3/t5-,6+,7-,8+,9?/m0/s1. The van der Waals surface area contributed by atoms with E-state index >= 15 is 0 Å². The van der Waals surface area contributed by atoms with Gasteiger partial charge in [0.05, 0.1) is 6.10 Å². The monoisotopic (exact) mass is 206 g/mol. The van der Waals surface area contributed by atoms with E-state index in [0.717, 1.165) is 0 Å². The van der Waals surface area contributed by atoms with Crippen LogP contribution in [0.25, 0.3) is 0 Å². The van der Waals surface area contributed by atoms with Crippen molar-refractivity contribution < 1.29 is 24.1 Å². The van der Waals surface area contributed by atoms with Crippen LogP contribution in [0.1, 0.15) is 6.92 Å². The van der Waals surface area contributed by atoms with Gasteiger partial charge in [0, 0.05) is 21.3 Å². The Labute approximate surface area is 83.9 Å². The zero-order chi connectivity index (χ0) is 10.7. The fourth-order valence-electron chi connectivity index (χ4n) is 1.76. The maximum Gasteiger partial charge on any atom is 0.186 e. The molecule has 1 N–H and O–H groups in total. The summed E-state index contributed by atoms with van der Waals surface area (Å²) >= 11 is 0. The van der Waals surface area contributed by atoms with E-state index in [-0.39, 0.29) is 12.2 Å². The van der Waals surface area contributed by atoms with E-state index in [1.807, 2.05) is 6.92 Å². The number of aliphatic hydroxyl groups excluding tert-OH is 1. The highest BCUT2D eigenvalue weighted by atomic mass is 16.7. The molecule has 0 aromatic carbocycles. The normalized spacial score (nSPS) is 43.9. The van der Waals surface area contributed by atoms with E-state index in [1.54, 1.807) is 0 Å². The third-order valence-corrected chi connectivity index (χ3v) is 2.53. The predicted molar refractivity (Wildman–Crippen MR) is 48.9 cm³/mol. The van der Waals surface area contributed by atoms with E-state index < -0.39 is 18.5 Å². The summed E-state index contributed by atoms with van der Waals surface area (Å²) in [6.07, 6.45) is -2.39. The van der Waals surface area contributed by atoms with Crippen molar-refractivity contribution in [3.05, 3.63) is 0 Å². The Balaban J connectivity index is 2.72. The van der Waals surface area contributed by atoms with Crippen molar-refractivity contribution in [2.24, 2.45) is 0 Å². The van der Waals surface area contributed by atoms with Gasteiger partial charge in [0.1, 0.15) is 18.3 Å². The summed E-state index contributed by atoms with van der Waals surface area (Å²) in [6, 6.07) is 0. The topological polar surface area (TPSA) is 57.2 Å². The van der Waals surface area contributed by atoms with Gasteiger partial charge in [0.25, 0.3) is 0 Å². The lowest BCUT2D eigenvalue weighted by molar-refractivity contribution is -0.294. The Morgan fingerprint density at radius 3 is 2.00 bits per heavy atom. The van der Waals surface area contributed by atoms with Crippen LogP contribution in [0.3, 0.4) is 0 Å². The first-order valence-corrected chi connectivity index (χ1v) is 4.57. The summed E-state index contributed by atoms with van der Waals surface area (Å²) in [5.41, 5.74) is 0. The minimum atomic E-state index is -0.737. The van der Waals surface area contributed by atoms with Gasteiger partial charge < -0.3 is 24.1 Å². The molecule has 5 atom stereocenters. The molecule has 5 nitrogen and oxygen atoms in total. The molecule has 5 heteroatoms. The van der Waals surface area contributed by atoms with E-state index in [2.05, 4.69) is 0 Å². The summed E-state index contributed by atoms with van der Waals surface area (Å²) in [5, 5.41) is 9.89. The average Bonchev–Trinajstić information content (AvgIpc) is 2.17. The number of ether oxygens (including phenoxy) is 4. The molecule has 1 unspecified atom stereocenters. The predicted octanol–water partition coefficient (Wildman–Crippen LogP) is -0.231. The van der Waals surface area contributed by atoms with Crippen molar-refractivity contribution in [1.29, 1.82) is 0 Å². The van der Waals surface area contributed by atoms with Crippen molar-refractivity contribution in [3.63, 3.8) is 0 Å². The Morgan fingerprint density at radius 1 is 1.00 bits per heavy atom. The lowest BCUT2D eigenvalue weighted by Gasteiger charge is -2.41. The zero-order valence-electron chi connectivity index (χ0n) is 8.97. The average molecular weight is 206 g/mol. The van der Waals surface area contributed by atoms with Crippen molar-refractivity contribution in [1.82, 2.24) is 0 Å². The number of methoxy groups -OCH3 is 3. The summed E-state index contributed by atoms with van der Waals surface area (Å²) in [4.78, 5) is 0. The van der Waals surface area contributed by atoms with Crippen LogP contribution >= 0.6 is 0 Å². The number of rotatable bonds is 3. The zero-order valence-corrected chi connectivity index (χ0v) is 8.97. The van der Waals surface area contributed by atoms with Gasteiger partial charge in [-0.2, -0.15) is 0 Å². The first-order chi connectivity index (χ1) is 6.65. The molecule has 0 saturated carbocycles. The number of aliphatic hydroxyl groups is 1. The van der Waals surface area contributed by atoms with Crippen molar-refractivity contribution in [3.8, 4) is 0 Å². The smallest absolute Gasteiger partial charge is 0.186 e. The van der Waals surface area contributed by atoms with Crippen LogP contribution in [0.15, 0.2) is 0 Å². The van der Waals surface area contributed by atoms with Crippen LogP contribution < -0.4 is 0 Å². The third-order valence-electron chi connectivity index (χ3n) is 2.53. The van der Waals surface area contributed by atoms with Crippen LogP contribution in [0.5, 0.6) is 0 Å². The first-order valence-electron chi connectivity index (χ1n) is 4.57. The number of hydrogen-bond donors (Lipinski definition) is 1. The summed E-state index contributed by atoms with van der Waals surface area (Å²) in [6.45, 7) is 1.83. The van der Waals surface area contributed by atoms with Crippen LogP contribution in [0, 0.1) is 0 Å². The molecule has 0 bridgehead atoms. The van der Waals surface area contributed by atoms with E-state index in [4.69, 9.17) is 18.9 Å². The molecule has 1 aliphatic rings. The van der Waals surface area contributed by atoms with E-state index in [1.165, 1.54) is 21.3 Å². The van der Waals surface area contributed by atoms with Crippen molar-refractivity contribution in [2.45, 2.75) is 37.6 Å². The van der Waals surface area contributed by atoms with Crippen LogP contribution in [-0.2, 0) is 18.9 Å². The highest BCUT2D eigenvalue weighted by molar-refractivity contribution is 4.89. The van der Waals surface area contributed by atoms with Crippen molar-refractivity contribution in [2.75, 3.05) is 21.3 Å². The molecule has 0 amide bonds. The highest BCUT2D eigenvalue weighted by Gasteiger charge is 2.44. The van der Waals surface area contributed by atoms with Gasteiger partial charge in [-0.05, 0) is 6.92 Å². The van der Waals surface area contributed by atoms with Crippen molar-refractivity contribution >= 4 is 0 Å². The highest BCUT2D eigenvalue weighted by Crippen LogP contribution is 2.24. The third kappa shape index (κ3) is 2.07. The minimum Gasteiger partial charge on any atom is -0.387 e. The Kier molecular flexibility index (Phi) is 4.28. The Hall–Kier alpha value is -0.200. The molecule has 0 spiro atoms. The largest absolute Gasteiger partial charge is 0.387 e. The maximum atomic E-state index is 9.89. The van der Waals surface area contributed by atoms with Gasteiger partial charge in [-0.25, -0.2) is 0 Å². The second-order valence-electron chi connectivity index (χ2n) is 3.34. The van der Waals surface area contributed by atoms with Crippen LogP contribution in [-0.4, -0.2) is 57.1 Å². The lowest BCUT2D eigenvalue weighted by Crippen LogP contribution is -2.58. The quantitative estimate of drug-likeness (QED) is 0.691. The molecule has 84 valence electrons. The molecular formula is C9H18O5. The van der Waals surface area contributed by atoms with Crippen LogP contribution in [0.4, 0.5) is 0 Å². The molecule has 1 aliphatic heterocycles. The molecule has 14 heavy (non-hydrogen) atoms. The fraction of sp³-hybridized carbons (Fsp3) is 1.00. The van der Waals surface area contributed by atoms with Gasteiger partial charge >= 0.3 is 0 Å². The second-order valence-corrected chi connectivity index (χ2v) is 3.34. The van der Waals surface area contributed by atoms with Gasteiger partial charge in [-0.15, -0.1) is 0 Å². The minimum absolute atomic E-state index is 0.216. The molecule has 1 heterocycles. The Bertz CT molecular complexity index is 175. The Morgan fingerprint density at radius 2 is 1.57 bits per heavy atom. The molecule has 0 aromatic heterocycles. The van der Waals surface area contributed by atoms with Gasteiger partial charge in [0.15, 0.2) is 6.29 Å². The molecule has 0 radical (unpaired) electrons. The maximum absolute atomic E-state index is 9.89. The lowest BCUT2D eigenvalue weighted by atomic mass is 9.99. The molecular weight excluding hydrogens is 188 g/mol. The van der Waals surface area contributed by atoms with E-state index in [0.29, 0.717) is 0 Å². The summed E-state index contributed by atoms with van der Waals surface area (Å²) in [7, 11) is 4.56.